The lowest BCUT2D eigenvalue weighted by Crippen LogP contribution is -2.27. The number of furan rings is 1. The van der Waals surface area contributed by atoms with Crippen molar-refractivity contribution in [1.29, 1.82) is 0 Å². The minimum Gasteiger partial charge on any atom is -0.497 e. The molecule has 1 amide bonds. The maximum atomic E-state index is 12.9. The van der Waals surface area contributed by atoms with Crippen LogP contribution in [0.2, 0.25) is 5.02 Å². The molecule has 140 valence electrons. The van der Waals surface area contributed by atoms with Crippen molar-refractivity contribution in [1.82, 2.24) is 0 Å². The lowest BCUT2D eigenvalue weighted by molar-refractivity contribution is -0.113. The van der Waals surface area contributed by atoms with Crippen LogP contribution in [0.5, 0.6) is 5.75 Å². The number of amides is 1. The molecule has 3 aromatic rings. The van der Waals surface area contributed by atoms with Crippen LogP contribution in [0.3, 0.4) is 0 Å². The normalized spacial score (nSPS) is 15.5. The minimum absolute atomic E-state index is 0.176. The molecule has 0 spiro atoms. The molecule has 2 heterocycles. The highest BCUT2D eigenvalue weighted by molar-refractivity contribution is 8.27. The first-order chi connectivity index (χ1) is 13.5. The quantitative estimate of drug-likeness (QED) is 0.376. The zero-order valence-corrected chi connectivity index (χ0v) is 17.1. The largest absolute Gasteiger partial charge is 0.497 e. The molecule has 0 radical (unpaired) electrons. The fourth-order valence-electron chi connectivity index (χ4n) is 2.75. The first-order valence-corrected chi connectivity index (χ1v) is 9.93. The van der Waals surface area contributed by atoms with Gasteiger partial charge in [0.1, 0.15) is 17.3 Å². The van der Waals surface area contributed by atoms with E-state index >= 15 is 0 Å². The van der Waals surface area contributed by atoms with Crippen molar-refractivity contribution in [3.8, 4) is 17.1 Å². The van der Waals surface area contributed by atoms with Crippen LogP contribution in [-0.2, 0) is 4.79 Å². The Balaban J connectivity index is 1.58. The van der Waals surface area contributed by atoms with Gasteiger partial charge in [-0.3, -0.25) is 9.69 Å². The van der Waals surface area contributed by atoms with E-state index in [4.69, 9.17) is 33.0 Å². The van der Waals surface area contributed by atoms with Crippen LogP contribution in [0.25, 0.3) is 17.4 Å². The number of rotatable bonds is 4. The molecule has 0 atom stereocenters. The summed E-state index contributed by atoms with van der Waals surface area (Å²) in [6.45, 7) is 0. The van der Waals surface area contributed by atoms with E-state index in [0.29, 0.717) is 31.5 Å². The van der Waals surface area contributed by atoms with E-state index in [1.807, 2.05) is 24.3 Å². The van der Waals surface area contributed by atoms with Crippen LogP contribution in [0.1, 0.15) is 5.76 Å². The zero-order chi connectivity index (χ0) is 19.7. The number of thiocarbonyl (C=S) groups is 1. The molecule has 4 nitrogen and oxygen atoms in total. The molecule has 2 aromatic carbocycles. The second-order valence-electron chi connectivity index (χ2n) is 5.92. The molecule has 4 rings (SSSR count). The fourth-order valence-corrected chi connectivity index (χ4v) is 4.16. The SMILES string of the molecule is COc1ccc(N2C(=O)/C(=C/c3ccc(-c4ccc(Cl)cc4)o3)SC2=S)cc1. The Labute approximate surface area is 176 Å². The van der Waals surface area contributed by atoms with E-state index in [2.05, 4.69) is 0 Å². The summed E-state index contributed by atoms with van der Waals surface area (Å²) in [6, 6.07) is 18.3. The molecule has 28 heavy (non-hydrogen) atoms. The summed E-state index contributed by atoms with van der Waals surface area (Å²) >= 11 is 12.6. The van der Waals surface area contributed by atoms with Crippen molar-refractivity contribution in [2.24, 2.45) is 0 Å². The number of halogens is 1. The van der Waals surface area contributed by atoms with Crippen LogP contribution in [0, 0.1) is 0 Å². The number of anilines is 1. The van der Waals surface area contributed by atoms with Crippen molar-refractivity contribution in [3.05, 3.63) is 76.4 Å². The van der Waals surface area contributed by atoms with Crippen molar-refractivity contribution in [2.75, 3.05) is 12.0 Å². The average Bonchev–Trinajstić information content (AvgIpc) is 3.27. The predicted octanol–water partition coefficient (Wildman–Crippen LogP) is 6.01. The van der Waals surface area contributed by atoms with E-state index in [9.17, 15) is 4.79 Å². The Morgan fingerprint density at radius 2 is 1.79 bits per heavy atom. The van der Waals surface area contributed by atoms with Crippen molar-refractivity contribution in [3.63, 3.8) is 0 Å². The Hall–Kier alpha value is -2.54. The Morgan fingerprint density at radius 1 is 1.07 bits per heavy atom. The lowest BCUT2D eigenvalue weighted by atomic mass is 10.2. The molecule has 1 aromatic heterocycles. The van der Waals surface area contributed by atoms with E-state index in [1.54, 1.807) is 49.6 Å². The van der Waals surface area contributed by atoms with Crippen LogP contribution >= 0.6 is 35.6 Å². The Bertz CT molecular complexity index is 1070. The highest BCUT2D eigenvalue weighted by atomic mass is 35.5. The van der Waals surface area contributed by atoms with Gasteiger partial charge in [0, 0.05) is 16.7 Å². The monoisotopic (exact) mass is 427 g/mol. The van der Waals surface area contributed by atoms with Gasteiger partial charge in [0.2, 0.25) is 0 Å². The predicted molar refractivity (Wildman–Crippen MR) is 118 cm³/mol. The van der Waals surface area contributed by atoms with E-state index in [0.717, 1.165) is 11.3 Å². The molecule has 0 saturated carbocycles. The maximum Gasteiger partial charge on any atom is 0.270 e. The van der Waals surface area contributed by atoms with Crippen LogP contribution in [0.15, 0.2) is 70.0 Å². The summed E-state index contributed by atoms with van der Waals surface area (Å²) in [5.74, 6) is 1.83. The van der Waals surface area contributed by atoms with Gasteiger partial charge in [-0.2, -0.15) is 0 Å². The number of hydrogen-bond donors (Lipinski definition) is 0. The van der Waals surface area contributed by atoms with Gasteiger partial charge in [-0.05, 0) is 60.7 Å². The molecule has 1 saturated heterocycles. The molecular weight excluding hydrogens is 414 g/mol. The molecular formula is C21H14ClNO3S2. The van der Waals surface area contributed by atoms with E-state index in [1.165, 1.54) is 16.7 Å². The van der Waals surface area contributed by atoms with Gasteiger partial charge < -0.3 is 9.15 Å². The Morgan fingerprint density at radius 3 is 2.46 bits per heavy atom. The first-order valence-electron chi connectivity index (χ1n) is 8.33. The number of carbonyl (C=O) groups is 1. The van der Waals surface area contributed by atoms with Gasteiger partial charge in [-0.25, -0.2) is 0 Å². The third-order valence-electron chi connectivity index (χ3n) is 4.15. The first kappa shape index (κ1) is 18.8. The van der Waals surface area contributed by atoms with Gasteiger partial charge >= 0.3 is 0 Å². The number of ether oxygens (including phenoxy) is 1. The summed E-state index contributed by atoms with van der Waals surface area (Å²) in [4.78, 5) is 14.9. The molecule has 7 heteroatoms. The maximum absolute atomic E-state index is 12.9. The van der Waals surface area contributed by atoms with Gasteiger partial charge in [0.15, 0.2) is 4.32 Å². The average molecular weight is 428 g/mol. The summed E-state index contributed by atoms with van der Waals surface area (Å²) < 4.78 is 11.5. The number of thioether (sulfide) groups is 1. The van der Waals surface area contributed by atoms with Crippen molar-refractivity contribution < 1.29 is 13.9 Å². The highest BCUT2D eigenvalue weighted by Gasteiger charge is 2.33. The summed E-state index contributed by atoms with van der Waals surface area (Å²) in [6.07, 6.45) is 1.71. The third-order valence-corrected chi connectivity index (χ3v) is 5.71. The number of hydrogen-bond acceptors (Lipinski definition) is 5. The zero-order valence-electron chi connectivity index (χ0n) is 14.7. The Kier molecular flexibility index (Phi) is 5.26. The van der Waals surface area contributed by atoms with Gasteiger partial charge in [0.25, 0.3) is 5.91 Å². The number of carbonyl (C=O) groups excluding carboxylic acids is 1. The van der Waals surface area contributed by atoms with E-state index < -0.39 is 0 Å². The van der Waals surface area contributed by atoms with Gasteiger partial charge in [0.05, 0.1) is 17.7 Å². The highest BCUT2D eigenvalue weighted by Crippen LogP contribution is 2.37. The summed E-state index contributed by atoms with van der Waals surface area (Å²) in [5.41, 5.74) is 1.61. The fraction of sp³-hybridized carbons (Fsp3) is 0.0476. The molecule has 0 unspecified atom stereocenters. The second kappa shape index (κ2) is 7.83. The van der Waals surface area contributed by atoms with Crippen molar-refractivity contribution >= 4 is 57.6 Å². The van der Waals surface area contributed by atoms with Crippen LogP contribution in [0.4, 0.5) is 5.69 Å². The standard InChI is InChI=1S/C21H14ClNO3S2/c1-25-16-8-6-15(7-9-16)23-20(24)19(28-21(23)27)12-17-10-11-18(26-17)13-2-4-14(22)5-3-13/h2-12H,1H3/b19-12-. The number of nitrogens with zero attached hydrogens (tertiary/aromatic N) is 1. The topological polar surface area (TPSA) is 42.7 Å². The van der Waals surface area contributed by atoms with Crippen molar-refractivity contribution in [2.45, 2.75) is 0 Å². The number of methoxy groups -OCH3 is 1. The third kappa shape index (κ3) is 3.71. The molecule has 1 aliphatic heterocycles. The second-order valence-corrected chi connectivity index (χ2v) is 8.04. The lowest BCUT2D eigenvalue weighted by Gasteiger charge is -2.14. The number of benzene rings is 2. The molecule has 0 N–H and O–H groups in total. The van der Waals surface area contributed by atoms with Gasteiger partial charge in [-0.15, -0.1) is 0 Å². The molecule has 0 bridgehead atoms. The summed E-state index contributed by atoms with van der Waals surface area (Å²) in [7, 11) is 1.60. The van der Waals surface area contributed by atoms with Crippen LogP contribution in [-0.4, -0.2) is 17.3 Å². The molecule has 1 aliphatic rings. The van der Waals surface area contributed by atoms with Crippen LogP contribution < -0.4 is 9.64 Å². The smallest absolute Gasteiger partial charge is 0.270 e. The minimum atomic E-state index is -0.176. The molecule has 0 aliphatic carbocycles. The summed E-state index contributed by atoms with van der Waals surface area (Å²) in [5, 5.41) is 0.665. The molecule has 1 fully saturated rings. The van der Waals surface area contributed by atoms with E-state index in [-0.39, 0.29) is 5.91 Å². The van der Waals surface area contributed by atoms with Gasteiger partial charge in [-0.1, -0.05) is 35.6 Å².